The summed E-state index contributed by atoms with van der Waals surface area (Å²) in [6, 6.07) is 9.28. The van der Waals surface area contributed by atoms with E-state index in [9.17, 15) is 13.2 Å². The Balaban J connectivity index is 2.36. The molecule has 0 fully saturated rings. The first kappa shape index (κ1) is 20.9. The maximum absolute atomic E-state index is 11.9. The normalized spacial score (nSPS) is 12.6. The zero-order valence-corrected chi connectivity index (χ0v) is 17.0. The van der Waals surface area contributed by atoms with Gasteiger partial charge in [-0.25, -0.2) is 13.2 Å². The molecule has 0 aliphatic heterocycles. The summed E-state index contributed by atoms with van der Waals surface area (Å²) in [7, 11) is -3.36. The van der Waals surface area contributed by atoms with Gasteiger partial charge in [-0.15, -0.1) is 0 Å². The van der Waals surface area contributed by atoms with Gasteiger partial charge in [-0.3, -0.25) is 0 Å². The number of carboxylic acids is 1. The highest BCUT2D eigenvalue weighted by Gasteiger charge is 2.18. The van der Waals surface area contributed by atoms with E-state index in [1.165, 1.54) is 30.8 Å². The number of hydrogen-bond donors (Lipinski definition) is 1. The molecule has 0 spiro atoms. The van der Waals surface area contributed by atoms with Crippen LogP contribution in [0.4, 0.5) is 0 Å². The van der Waals surface area contributed by atoms with E-state index >= 15 is 0 Å². The minimum absolute atomic E-state index is 0.0187. The summed E-state index contributed by atoms with van der Waals surface area (Å²) in [5, 5.41) is 9.73. The number of carboxylic acid groups (broad SMARTS) is 1. The number of carbonyl (C=O) groups is 1. The van der Waals surface area contributed by atoms with Gasteiger partial charge in [0.15, 0.2) is 15.9 Å². The van der Waals surface area contributed by atoms with Crippen molar-refractivity contribution in [2.75, 3.05) is 5.75 Å². The summed E-state index contributed by atoms with van der Waals surface area (Å²) < 4.78 is 29.3. The molecule has 2 aromatic rings. The fraction of sp³-hybridized carbons (Fsp3) is 0.235. The average molecular weight is 435 g/mol. The van der Waals surface area contributed by atoms with Crippen LogP contribution in [0.25, 0.3) is 0 Å². The van der Waals surface area contributed by atoms with Crippen LogP contribution in [-0.4, -0.2) is 31.4 Å². The van der Waals surface area contributed by atoms with Gasteiger partial charge in [0.25, 0.3) is 0 Å². The number of ether oxygens (including phenoxy) is 1. The van der Waals surface area contributed by atoms with Crippen LogP contribution >= 0.6 is 35.0 Å². The van der Waals surface area contributed by atoms with Crippen molar-refractivity contribution in [1.29, 1.82) is 0 Å². The summed E-state index contributed by atoms with van der Waals surface area (Å²) in [5.74, 6) is -0.770. The second kappa shape index (κ2) is 8.52. The molecular weight excluding hydrogens is 419 g/mol. The third-order valence-corrected chi connectivity index (χ3v) is 6.93. The highest BCUT2D eigenvalue weighted by molar-refractivity contribution is 7.99. The highest BCUT2D eigenvalue weighted by atomic mass is 35.5. The summed E-state index contributed by atoms with van der Waals surface area (Å²) in [6.45, 7) is 2.98. The molecule has 0 radical (unpaired) electrons. The molecule has 0 aliphatic carbocycles. The first-order valence-corrected chi connectivity index (χ1v) is 10.8. The van der Waals surface area contributed by atoms with Crippen molar-refractivity contribution >= 4 is 50.8 Å². The van der Waals surface area contributed by atoms with Gasteiger partial charge in [0.2, 0.25) is 0 Å². The van der Waals surface area contributed by atoms with E-state index < -0.39 is 21.9 Å². The number of aliphatic carboxylic acids is 1. The number of hydrogen-bond acceptors (Lipinski definition) is 5. The number of benzene rings is 2. The number of sulfone groups is 1. The lowest BCUT2D eigenvalue weighted by molar-refractivity contribution is -0.144. The first-order chi connectivity index (χ1) is 12.1. The van der Waals surface area contributed by atoms with Crippen LogP contribution in [0.3, 0.4) is 0 Å². The molecule has 0 bridgehead atoms. The molecule has 9 heteroatoms. The topological polar surface area (TPSA) is 80.7 Å². The number of rotatable bonds is 7. The molecule has 26 heavy (non-hydrogen) atoms. The van der Waals surface area contributed by atoms with E-state index in [1.54, 1.807) is 31.2 Å². The standard InChI is InChI=1S/C17H16Cl2O5S2/c1-3-26(22,23)12-5-7-15(13(19)9-12)25-16-8-11(18)4-6-14(16)24-10(2)17(20)21/h4-10H,3H2,1-2H3,(H,20,21)/t10-/m0/s1. The van der Waals surface area contributed by atoms with Crippen molar-refractivity contribution < 1.29 is 23.1 Å². The Morgan fingerprint density at radius 2 is 1.88 bits per heavy atom. The molecule has 0 saturated heterocycles. The lowest BCUT2D eigenvalue weighted by Crippen LogP contribution is -2.23. The second-order valence-electron chi connectivity index (χ2n) is 5.29. The predicted molar refractivity (Wildman–Crippen MR) is 102 cm³/mol. The minimum atomic E-state index is -3.36. The van der Waals surface area contributed by atoms with Crippen molar-refractivity contribution in [2.45, 2.75) is 34.6 Å². The second-order valence-corrected chi connectivity index (χ2v) is 9.49. The fourth-order valence-corrected chi connectivity index (χ4v) is 4.38. The monoisotopic (exact) mass is 434 g/mol. The third-order valence-electron chi connectivity index (χ3n) is 3.42. The Hall–Kier alpha value is -1.41. The summed E-state index contributed by atoms with van der Waals surface area (Å²) in [4.78, 5) is 12.3. The molecule has 0 aromatic heterocycles. The Morgan fingerprint density at radius 3 is 2.46 bits per heavy atom. The van der Waals surface area contributed by atoms with Crippen LogP contribution in [-0.2, 0) is 14.6 Å². The molecule has 0 saturated carbocycles. The van der Waals surface area contributed by atoms with Gasteiger partial charge in [-0.05, 0) is 43.3 Å². The van der Waals surface area contributed by atoms with Crippen molar-refractivity contribution in [3.8, 4) is 5.75 Å². The molecule has 2 aromatic carbocycles. The van der Waals surface area contributed by atoms with E-state index in [-0.39, 0.29) is 15.7 Å². The van der Waals surface area contributed by atoms with E-state index in [0.29, 0.717) is 20.6 Å². The van der Waals surface area contributed by atoms with E-state index in [4.69, 9.17) is 33.0 Å². The molecule has 1 atom stereocenters. The maximum atomic E-state index is 11.9. The SMILES string of the molecule is CCS(=O)(=O)c1ccc(Sc2cc(Cl)ccc2O[C@@H](C)C(=O)O)c(Cl)c1. The van der Waals surface area contributed by atoms with Gasteiger partial charge in [0.1, 0.15) is 5.75 Å². The van der Waals surface area contributed by atoms with E-state index in [0.717, 1.165) is 0 Å². The Labute approximate surface area is 166 Å². The molecule has 140 valence electrons. The molecule has 1 N–H and O–H groups in total. The molecule has 0 heterocycles. The van der Waals surface area contributed by atoms with Crippen LogP contribution in [0.2, 0.25) is 10.0 Å². The average Bonchev–Trinajstić information content (AvgIpc) is 2.58. The summed E-state index contributed by atoms with van der Waals surface area (Å²) >= 11 is 13.5. The zero-order chi connectivity index (χ0) is 19.5. The minimum Gasteiger partial charge on any atom is -0.479 e. The largest absolute Gasteiger partial charge is 0.479 e. The predicted octanol–water partition coefficient (Wildman–Crippen LogP) is 4.79. The lowest BCUT2D eigenvalue weighted by Gasteiger charge is -2.15. The Morgan fingerprint density at radius 1 is 1.19 bits per heavy atom. The molecule has 0 aliphatic rings. The van der Waals surface area contributed by atoms with Crippen LogP contribution in [0.15, 0.2) is 51.1 Å². The fourth-order valence-electron chi connectivity index (χ4n) is 1.94. The van der Waals surface area contributed by atoms with Gasteiger partial charge >= 0.3 is 5.97 Å². The quantitative estimate of drug-likeness (QED) is 0.674. The van der Waals surface area contributed by atoms with Crippen LogP contribution < -0.4 is 4.74 Å². The van der Waals surface area contributed by atoms with Gasteiger partial charge in [-0.1, -0.05) is 41.9 Å². The Kier molecular flexibility index (Phi) is 6.85. The van der Waals surface area contributed by atoms with Gasteiger partial charge in [0.05, 0.1) is 20.6 Å². The smallest absolute Gasteiger partial charge is 0.344 e. The Bertz CT molecular complexity index is 929. The summed E-state index contributed by atoms with van der Waals surface area (Å²) in [6.07, 6.45) is -1.04. The van der Waals surface area contributed by atoms with Crippen molar-refractivity contribution in [3.05, 3.63) is 46.4 Å². The molecule has 2 rings (SSSR count). The highest BCUT2D eigenvalue weighted by Crippen LogP contribution is 2.40. The molecule has 0 amide bonds. The van der Waals surface area contributed by atoms with Crippen molar-refractivity contribution in [1.82, 2.24) is 0 Å². The number of halogens is 2. The van der Waals surface area contributed by atoms with Crippen LogP contribution in [0, 0.1) is 0 Å². The third kappa shape index (κ3) is 5.07. The molecule has 0 unspecified atom stereocenters. The summed E-state index contributed by atoms with van der Waals surface area (Å²) in [5.41, 5.74) is 0. The maximum Gasteiger partial charge on any atom is 0.344 e. The van der Waals surface area contributed by atoms with Gasteiger partial charge < -0.3 is 9.84 Å². The van der Waals surface area contributed by atoms with Crippen LogP contribution in [0.5, 0.6) is 5.75 Å². The van der Waals surface area contributed by atoms with E-state index in [1.807, 2.05) is 0 Å². The first-order valence-electron chi connectivity index (χ1n) is 7.53. The van der Waals surface area contributed by atoms with Gasteiger partial charge in [0, 0.05) is 9.92 Å². The van der Waals surface area contributed by atoms with E-state index in [2.05, 4.69) is 0 Å². The lowest BCUT2D eigenvalue weighted by atomic mass is 10.3. The van der Waals surface area contributed by atoms with Crippen molar-refractivity contribution in [2.24, 2.45) is 0 Å². The van der Waals surface area contributed by atoms with Gasteiger partial charge in [-0.2, -0.15) is 0 Å². The van der Waals surface area contributed by atoms with Crippen molar-refractivity contribution in [3.63, 3.8) is 0 Å². The molecule has 5 nitrogen and oxygen atoms in total. The molecular formula is C17H16Cl2O5S2. The van der Waals surface area contributed by atoms with Crippen LogP contribution in [0.1, 0.15) is 13.8 Å². The zero-order valence-electron chi connectivity index (χ0n) is 13.9.